The van der Waals surface area contributed by atoms with Gasteiger partial charge in [-0.1, -0.05) is 103 Å². The Kier molecular flexibility index (Phi) is 12.6. The molecule has 1 nitrogen and oxygen atoms in total. The Balaban J connectivity index is 1.53. The highest BCUT2D eigenvalue weighted by Gasteiger charge is 2.14. The summed E-state index contributed by atoms with van der Waals surface area (Å²) in [5, 5.41) is 0. The van der Waals surface area contributed by atoms with Gasteiger partial charge in [0.1, 0.15) is 0 Å². The summed E-state index contributed by atoms with van der Waals surface area (Å²) in [6.45, 7) is 8.86. The fraction of sp³-hybridized carbons (Fsp3) is 0.633. The molecule has 1 aromatic carbocycles. The summed E-state index contributed by atoms with van der Waals surface area (Å²) in [5.74, 6) is 0. The molecule has 0 fully saturated rings. The zero-order chi connectivity index (χ0) is 22.3. The molecule has 1 heteroatoms. The van der Waals surface area contributed by atoms with Crippen molar-refractivity contribution in [2.24, 2.45) is 0 Å². The highest BCUT2D eigenvalue weighted by molar-refractivity contribution is 5.29. The third kappa shape index (κ3) is 10.0. The van der Waals surface area contributed by atoms with Gasteiger partial charge in [0.05, 0.1) is 0 Å². The molecule has 0 saturated carbocycles. The van der Waals surface area contributed by atoms with E-state index in [0.29, 0.717) is 0 Å². The molecule has 0 atom stereocenters. The van der Waals surface area contributed by atoms with Crippen molar-refractivity contribution >= 4 is 0 Å². The summed E-state index contributed by atoms with van der Waals surface area (Å²) < 4.78 is 2.35. The van der Waals surface area contributed by atoms with Gasteiger partial charge in [-0.3, -0.25) is 0 Å². The molecule has 0 aliphatic rings. The largest absolute Gasteiger partial charge is 0.211 e. The van der Waals surface area contributed by atoms with Gasteiger partial charge >= 0.3 is 0 Å². The fourth-order valence-corrected chi connectivity index (χ4v) is 4.85. The minimum Gasteiger partial charge on any atom is -0.162 e. The molecule has 1 heterocycles. The second-order valence-electron chi connectivity index (χ2n) is 9.66. The molecule has 0 N–H and O–H groups in total. The standard InChI is InChI=1S/C30H48N/c1-5-6-7-8-9-10-11-12-13-14-15-16-17-18-19-29-20-22-30(23-21-29)31-27(3)24-26(2)25-28(31)4/h20-25H,5-19H2,1-4H3/q+1. The summed E-state index contributed by atoms with van der Waals surface area (Å²) in [7, 11) is 0. The molecular weight excluding hydrogens is 374 g/mol. The first-order valence-corrected chi connectivity index (χ1v) is 13.2. The number of benzene rings is 1. The van der Waals surface area contributed by atoms with E-state index in [4.69, 9.17) is 0 Å². The first kappa shape index (κ1) is 25.6. The summed E-state index contributed by atoms with van der Waals surface area (Å²) in [4.78, 5) is 0. The monoisotopic (exact) mass is 422 g/mol. The second-order valence-corrected chi connectivity index (χ2v) is 9.66. The third-order valence-electron chi connectivity index (χ3n) is 6.59. The Morgan fingerprint density at radius 1 is 0.548 bits per heavy atom. The molecule has 0 aliphatic carbocycles. The SMILES string of the molecule is CCCCCCCCCCCCCCCCc1ccc(-[n+]2c(C)cc(C)cc2C)cc1. The molecule has 31 heavy (non-hydrogen) atoms. The van der Waals surface area contributed by atoms with Crippen molar-refractivity contribution in [2.75, 3.05) is 0 Å². The van der Waals surface area contributed by atoms with Gasteiger partial charge < -0.3 is 0 Å². The number of pyridine rings is 1. The van der Waals surface area contributed by atoms with Gasteiger partial charge in [-0.25, -0.2) is 0 Å². The van der Waals surface area contributed by atoms with Gasteiger partial charge in [-0.05, 0) is 30.9 Å². The number of rotatable bonds is 16. The van der Waals surface area contributed by atoms with E-state index < -0.39 is 0 Å². The molecule has 2 aromatic rings. The predicted octanol–water partition coefficient (Wildman–Crippen LogP) is 8.91. The van der Waals surface area contributed by atoms with Crippen LogP contribution in [0.15, 0.2) is 36.4 Å². The molecule has 172 valence electrons. The predicted molar refractivity (Wildman–Crippen MR) is 136 cm³/mol. The third-order valence-corrected chi connectivity index (χ3v) is 6.59. The Morgan fingerprint density at radius 3 is 1.42 bits per heavy atom. The van der Waals surface area contributed by atoms with Crippen LogP contribution in [-0.2, 0) is 6.42 Å². The van der Waals surface area contributed by atoms with Crippen LogP contribution in [0, 0.1) is 20.8 Å². The summed E-state index contributed by atoms with van der Waals surface area (Å²) in [6, 6.07) is 13.7. The van der Waals surface area contributed by atoms with Gasteiger partial charge in [-0.15, -0.1) is 0 Å². The number of unbranched alkanes of at least 4 members (excludes halogenated alkanes) is 13. The van der Waals surface area contributed by atoms with Crippen molar-refractivity contribution in [3.05, 3.63) is 58.9 Å². The Bertz CT molecular complexity index is 706. The molecule has 0 amide bonds. The van der Waals surface area contributed by atoms with Gasteiger partial charge in [0.25, 0.3) is 0 Å². The van der Waals surface area contributed by atoms with E-state index in [0.717, 1.165) is 0 Å². The average Bonchev–Trinajstić information content (AvgIpc) is 2.74. The summed E-state index contributed by atoms with van der Waals surface area (Å²) >= 11 is 0. The molecule has 0 unspecified atom stereocenters. The van der Waals surface area contributed by atoms with Gasteiger partial charge in [0.15, 0.2) is 11.4 Å². The molecule has 2 rings (SSSR count). The summed E-state index contributed by atoms with van der Waals surface area (Å²) in [6.07, 6.45) is 21.2. The first-order valence-electron chi connectivity index (χ1n) is 13.2. The smallest absolute Gasteiger partial charge is 0.162 e. The van der Waals surface area contributed by atoms with Crippen molar-refractivity contribution in [2.45, 2.75) is 124 Å². The normalized spacial score (nSPS) is 11.2. The maximum Gasteiger partial charge on any atom is 0.211 e. The van der Waals surface area contributed by atoms with E-state index in [1.165, 1.54) is 125 Å². The highest BCUT2D eigenvalue weighted by atomic mass is 15.0. The molecule has 1 aromatic heterocycles. The van der Waals surface area contributed by atoms with Crippen molar-refractivity contribution in [1.29, 1.82) is 0 Å². The zero-order valence-electron chi connectivity index (χ0n) is 21.0. The van der Waals surface area contributed by atoms with Crippen LogP contribution in [0.3, 0.4) is 0 Å². The van der Waals surface area contributed by atoms with E-state index in [2.05, 4.69) is 68.7 Å². The van der Waals surface area contributed by atoms with E-state index in [1.807, 2.05) is 0 Å². The van der Waals surface area contributed by atoms with E-state index in [9.17, 15) is 0 Å². The number of aromatic nitrogens is 1. The molecular formula is C30H48N+. The highest BCUT2D eigenvalue weighted by Crippen LogP contribution is 2.15. The quantitative estimate of drug-likeness (QED) is 0.188. The number of hydrogen-bond donors (Lipinski definition) is 0. The maximum absolute atomic E-state index is 2.35. The lowest BCUT2D eigenvalue weighted by molar-refractivity contribution is -0.609. The lowest BCUT2D eigenvalue weighted by Gasteiger charge is -2.06. The number of hydrogen-bond acceptors (Lipinski definition) is 0. The van der Waals surface area contributed by atoms with Crippen molar-refractivity contribution in [1.82, 2.24) is 0 Å². The van der Waals surface area contributed by atoms with Crippen LogP contribution >= 0.6 is 0 Å². The van der Waals surface area contributed by atoms with Gasteiger partial charge in [0.2, 0.25) is 5.69 Å². The van der Waals surface area contributed by atoms with Crippen LogP contribution in [0.1, 0.15) is 119 Å². The minimum absolute atomic E-state index is 1.22. The molecule has 0 radical (unpaired) electrons. The lowest BCUT2D eigenvalue weighted by atomic mass is 10.0. The first-order chi connectivity index (χ1) is 15.1. The van der Waals surface area contributed by atoms with Gasteiger partial charge in [-0.2, -0.15) is 4.57 Å². The minimum atomic E-state index is 1.22. The van der Waals surface area contributed by atoms with Crippen molar-refractivity contribution in [3.63, 3.8) is 0 Å². The average molecular weight is 423 g/mol. The van der Waals surface area contributed by atoms with E-state index in [1.54, 1.807) is 0 Å². The van der Waals surface area contributed by atoms with Crippen LogP contribution in [-0.4, -0.2) is 0 Å². The molecule has 0 spiro atoms. The van der Waals surface area contributed by atoms with Crippen LogP contribution in [0.25, 0.3) is 5.69 Å². The molecule has 0 aliphatic heterocycles. The topological polar surface area (TPSA) is 3.88 Å². The van der Waals surface area contributed by atoms with Crippen LogP contribution in [0.2, 0.25) is 0 Å². The van der Waals surface area contributed by atoms with Crippen LogP contribution in [0.5, 0.6) is 0 Å². The summed E-state index contributed by atoms with van der Waals surface area (Å²) in [5.41, 5.74) is 6.69. The Labute approximate surface area is 193 Å². The van der Waals surface area contributed by atoms with E-state index >= 15 is 0 Å². The van der Waals surface area contributed by atoms with Crippen molar-refractivity contribution in [3.8, 4) is 5.69 Å². The number of aryl methyl sites for hydroxylation is 4. The Morgan fingerprint density at radius 2 is 0.968 bits per heavy atom. The Hall–Kier alpha value is -1.63. The van der Waals surface area contributed by atoms with Gasteiger partial charge in [0, 0.05) is 38.1 Å². The molecule has 0 bridgehead atoms. The molecule has 0 saturated heterocycles. The van der Waals surface area contributed by atoms with Crippen LogP contribution in [0.4, 0.5) is 0 Å². The van der Waals surface area contributed by atoms with Crippen LogP contribution < -0.4 is 4.57 Å². The van der Waals surface area contributed by atoms with E-state index in [-0.39, 0.29) is 0 Å². The van der Waals surface area contributed by atoms with Crippen molar-refractivity contribution < 1.29 is 4.57 Å². The maximum atomic E-state index is 2.35. The zero-order valence-corrected chi connectivity index (χ0v) is 21.0. The number of nitrogens with zero attached hydrogens (tertiary/aromatic N) is 1. The lowest BCUT2D eigenvalue weighted by Crippen LogP contribution is -2.37. The fourth-order valence-electron chi connectivity index (χ4n) is 4.85. The second kappa shape index (κ2) is 15.2.